The number of benzene rings is 1. The van der Waals surface area contributed by atoms with Crippen molar-refractivity contribution >= 4 is 5.91 Å². The van der Waals surface area contributed by atoms with Crippen LogP contribution in [0.25, 0.3) is 5.69 Å². The Kier molecular flexibility index (Phi) is 5.48. The molecular weight excluding hydrogens is 314 g/mol. The maximum atomic E-state index is 12.6. The minimum Gasteiger partial charge on any atom is -0.349 e. The first-order chi connectivity index (χ1) is 12.1. The Morgan fingerprint density at radius 3 is 2.52 bits per heavy atom. The molecule has 1 amide bonds. The third kappa shape index (κ3) is 4.07. The Morgan fingerprint density at radius 2 is 1.92 bits per heavy atom. The van der Waals surface area contributed by atoms with Gasteiger partial charge in [-0.2, -0.15) is 0 Å². The Morgan fingerprint density at radius 1 is 1.24 bits per heavy atom. The van der Waals surface area contributed by atoms with Crippen LogP contribution in [0.5, 0.6) is 0 Å². The summed E-state index contributed by atoms with van der Waals surface area (Å²) < 4.78 is 1.83. The second kappa shape index (κ2) is 7.78. The van der Waals surface area contributed by atoms with Gasteiger partial charge in [0.2, 0.25) is 0 Å². The third-order valence-corrected chi connectivity index (χ3v) is 4.77. The van der Waals surface area contributed by atoms with Crippen molar-refractivity contribution in [1.29, 1.82) is 0 Å². The van der Waals surface area contributed by atoms with Crippen molar-refractivity contribution in [2.24, 2.45) is 0 Å². The van der Waals surface area contributed by atoms with E-state index in [1.165, 1.54) is 5.56 Å². The van der Waals surface area contributed by atoms with Crippen molar-refractivity contribution in [2.45, 2.75) is 39.5 Å². The molecule has 0 radical (unpaired) electrons. The highest BCUT2D eigenvalue weighted by Gasteiger charge is 2.34. The number of hydrogen-bond acceptors (Lipinski definition) is 4. The van der Waals surface area contributed by atoms with E-state index >= 15 is 0 Å². The first kappa shape index (κ1) is 17.6. The van der Waals surface area contributed by atoms with Gasteiger partial charge in [0.05, 0.1) is 11.4 Å². The van der Waals surface area contributed by atoms with E-state index in [-0.39, 0.29) is 5.91 Å². The van der Waals surface area contributed by atoms with Gasteiger partial charge in [-0.15, -0.1) is 5.10 Å². The molecule has 3 rings (SSSR count). The van der Waals surface area contributed by atoms with Gasteiger partial charge in [-0.05, 0) is 45.0 Å². The van der Waals surface area contributed by atoms with Crippen LogP contribution in [0.2, 0.25) is 0 Å². The lowest BCUT2D eigenvalue weighted by atomic mass is 10.2. The molecule has 2 aromatic rings. The van der Waals surface area contributed by atoms with Gasteiger partial charge in [0.15, 0.2) is 5.69 Å². The van der Waals surface area contributed by atoms with E-state index in [1.807, 2.05) is 16.8 Å². The second-order valence-electron chi connectivity index (χ2n) is 6.63. The summed E-state index contributed by atoms with van der Waals surface area (Å²) in [6, 6.07) is 8.16. The van der Waals surface area contributed by atoms with Gasteiger partial charge in [0.25, 0.3) is 5.91 Å². The van der Waals surface area contributed by atoms with E-state index in [0.29, 0.717) is 18.2 Å². The molecule has 1 aliphatic carbocycles. The SMILES string of the molecule is CCN(CC)CCNC(=O)c1nnn(-c2ccc(C)cc2)c1C1CC1. The van der Waals surface area contributed by atoms with Crippen LogP contribution < -0.4 is 5.32 Å². The number of carbonyl (C=O) groups is 1. The molecule has 134 valence electrons. The lowest BCUT2D eigenvalue weighted by Gasteiger charge is -2.17. The molecule has 1 aliphatic rings. The number of nitrogens with zero attached hydrogens (tertiary/aromatic N) is 4. The minimum atomic E-state index is -0.118. The Bertz CT molecular complexity index is 714. The predicted octanol–water partition coefficient (Wildman–Crippen LogP) is 2.52. The summed E-state index contributed by atoms with van der Waals surface area (Å²) >= 11 is 0. The van der Waals surface area contributed by atoms with Gasteiger partial charge in [-0.3, -0.25) is 4.79 Å². The number of amides is 1. The number of aromatic nitrogens is 3. The maximum absolute atomic E-state index is 12.6. The molecule has 25 heavy (non-hydrogen) atoms. The first-order valence-electron chi connectivity index (χ1n) is 9.17. The van der Waals surface area contributed by atoms with Crippen LogP contribution in [0.3, 0.4) is 0 Å². The van der Waals surface area contributed by atoms with Crippen molar-refractivity contribution in [1.82, 2.24) is 25.2 Å². The van der Waals surface area contributed by atoms with Crippen LogP contribution in [-0.4, -0.2) is 52.0 Å². The molecule has 6 heteroatoms. The largest absolute Gasteiger partial charge is 0.349 e. The van der Waals surface area contributed by atoms with E-state index in [9.17, 15) is 4.79 Å². The summed E-state index contributed by atoms with van der Waals surface area (Å²) in [7, 11) is 0. The van der Waals surface area contributed by atoms with Crippen molar-refractivity contribution in [3.63, 3.8) is 0 Å². The van der Waals surface area contributed by atoms with Gasteiger partial charge < -0.3 is 10.2 Å². The highest BCUT2D eigenvalue weighted by Crippen LogP contribution is 2.41. The van der Waals surface area contributed by atoms with E-state index in [4.69, 9.17) is 0 Å². The fourth-order valence-corrected chi connectivity index (χ4v) is 3.00. The molecule has 0 aliphatic heterocycles. The van der Waals surface area contributed by atoms with E-state index < -0.39 is 0 Å². The quantitative estimate of drug-likeness (QED) is 0.801. The number of hydrogen-bond donors (Lipinski definition) is 1. The molecule has 1 N–H and O–H groups in total. The highest BCUT2D eigenvalue weighted by molar-refractivity contribution is 5.93. The minimum absolute atomic E-state index is 0.118. The Balaban J connectivity index is 1.75. The third-order valence-electron chi connectivity index (χ3n) is 4.77. The fraction of sp³-hybridized carbons (Fsp3) is 0.526. The van der Waals surface area contributed by atoms with E-state index in [2.05, 4.69) is 53.4 Å². The van der Waals surface area contributed by atoms with E-state index in [0.717, 1.165) is 43.9 Å². The molecule has 0 atom stereocenters. The lowest BCUT2D eigenvalue weighted by molar-refractivity contribution is 0.0943. The molecule has 1 saturated carbocycles. The smallest absolute Gasteiger partial charge is 0.273 e. The second-order valence-corrected chi connectivity index (χ2v) is 6.63. The summed E-state index contributed by atoms with van der Waals surface area (Å²) in [6.45, 7) is 9.77. The molecule has 0 saturated heterocycles. The summed E-state index contributed by atoms with van der Waals surface area (Å²) in [5.74, 6) is 0.271. The number of aryl methyl sites for hydroxylation is 1. The molecule has 0 spiro atoms. The van der Waals surface area contributed by atoms with Crippen LogP contribution in [-0.2, 0) is 0 Å². The summed E-state index contributed by atoms with van der Waals surface area (Å²) in [5.41, 5.74) is 3.58. The van der Waals surface area contributed by atoms with E-state index in [1.54, 1.807) is 0 Å². The average Bonchev–Trinajstić information content (AvgIpc) is 3.37. The monoisotopic (exact) mass is 341 g/mol. The summed E-state index contributed by atoms with van der Waals surface area (Å²) in [5, 5.41) is 11.5. The number of likely N-dealkylation sites (N-methyl/N-ethyl adjacent to an activating group) is 1. The van der Waals surface area contributed by atoms with Crippen LogP contribution in [0.4, 0.5) is 0 Å². The molecule has 0 unspecified atom stereocenters. The van der Waals surface area contributed by atoms with Gasteiger partial charge in [0.1, 0.15) is 0 Å². The standard InChI is InChI=1S/C19H27N5O/c1-4-23(5-2)13-12-20-19(25)17-18(15-8-9-15)24(22-21-17)16-10-6-14(3)7-11-16/h6-7,10-11,15H,4-5,8-9,12-13H2,1-3H3,(H,20,25). The van der Waals surface area contributed by atoms with Gasteiger partial charge in [-0.1, -0.05) is 36.8 Å². The highest BCUT2D eigenvalue weighted by atomic mass is 16.2. The van der Waals surface area contributed by atoms with Crippen LogP contribution in [0.15, 0.2) is 24.3 Å². The van der Waals surface area contributed by atoms with Crippen molar-refractivity contribution in [2.75, 3.05) is 26.2 Å². The molecule has 1 fully saturated rings. The summed E-state index contributed by atoms with van der Waals surface area (Å²) in [6.07, 6.45) is 2.19. The lowest BCUT2D eigenvalue weighted by Crippen LogP contribution is -2.35. The summed E-state index contributed by atoms with van der Waals surface area (Å²) in [4.78, 5) is 14.9. The maximum Gasteiger partial charge on any atom is 0.273 e. The van der Waals surface area contributed by atoms with Gasteiger partial charge in [-0.25, -0.2) is 4.68 Å². The predicted molar refractivity (Wildman–Crippen MR) is 98.2 cm³/mol. The van der Waals surface area contributed by atoms with Crippen LogP contribution in [0.1, 0.15) is 54.4 Å². The molecule has 1 aromatic carbocycles. The molecule has 0 bridgehead atoms. The molecular formula is C19H27N5O. The Labute approximate surface area is 149 Å². The molecule has 1 heterocycles. The van der Waals surface area contributed by atoms with Crippen LogP contribution >= 0.6 is 0 Å². The first-order valence-corrected chi connectivity index (χ1v) is 9.17. The fourth-order valence-electron chi connectivity index (χ4n) is 3.00. The Hall–Kier alpha value is -2.21. The van der Waals surface area contributed by atoms with Gasteiger partial charge in [0, 0.05) is 19.0 Å². The van der Waals surface area contributed by atoms with Crippen LogP contribution in [0, 0.1) is 6.92 Å². The zero-order chi connectivity index (χ0) is 17.8. The van der Waals surface area contributed by atoms with Crippen molar-refractivity contribution in [3.05, 3.63) is 41.2 Å². The van der Waals surface area contributed by atoms with Crippen molar-refractivity contribution in [3.8, 4) is 5.69 Å². The number of carbonyl (C=O) groups excluding carboxylic acids is 1. The zero-order valence-corrected chi connectivity index (χ0v) is 15.3. The van der Waals surface area contributed by atoms with Gasteiger partial charge >= 0.3 is 0 Å². The molecule has 6 nitrogen and oxygen atoms in total. The topological polar surface area (TPSA) is 63.1 Å². The zero-order valence-electron chi connectivity index (χ0n) is 15.3. The number of nitrogens with one attached hydrogen (secondary N) is 1. The average molecular weight is 341 g/mol. The van der Waals surface area contributed by atoms with Crippen molar-refractivity contribution < 1.29 is 4.79 Å². The number of rotatable bonds is 8. The molecule has 1 aromatic heterocycles. The normalized spacial score (nSPS) is 14.1.